The van der Waals surface area contributed by atoms with Crippen molar-refractivity contribution in [3.05, 3.63) is 11.6 Å². The van der Waals surface area contributed by atoms with Crippen molar-refractivity contribution in [2.45, 2.75) is 52.1 Å². The minimum Gasteiger partial charge on any atom is -0.481 e. The largest absolute Gasteiger partial charge is 0.481 e. The predicted octanol–water partition coefficient (Wildman–Crippen LogP) is 2.26. The third-order valence-corrected chi connectivity index (χ3v) is 4.81. The third kappa shape index (κ3) is 3.63. The van der Waals surface area contributed by atoms with Gasteiger partial charge in [-0.25, -0.2) is 0 Å². The molecule has 2 N–H and O–H groups in total. The van der Waals surface area contributed by atoms with Crippen molar-refractivity contribution >= 4 is 11.9 Å². The Kier molecular flexibility index (Phi) is 6.01. The van der Waals surface area contributed by atoms with Crippen molar-refractivity contribution in [2.24, 2.45) is 17.8 Å². The van der Waals surface area contributed by atoms with E-state index in [0.717, 1.165) is 0 Å². The lowest BCUT2D eigenvalue weighted by Crippen LogP contribution is -2.46. The summed E-state index contributed by atoms with van der Waals surface area (Å²) in [6, 6.07) is 0. The molecule has 0 saturated carbocycles. The summed E-state index contributed by atoms with van der Waals surface area (Å²) >= 11 is 0. The predicted molar refractivity (Wildman–Crippen MR) is 84.2 cm³/mol. The minimum absolute atomic E-state index is 0.169. The van der Waals surface area contributed by atoms with Gasteiger partial charge in [-0.2, -0.15) is 0 Å². The van der Waals surface area contributed by atoms with Gasteiger partial charge in [0.25, 0.3) is 0 Å². The molecule has 0 aromatic heterocycles. The van der Waals surface area contributed by atoms with E-state index < -0.39 is 29.6 Å². The van der Waals surface area contributed by atoms with Crippen LogP contribution in [0.3, 0.4) is 0 Å². The molecule has 2 rings (SSSR count). The quantitative estimate of drug-likeness (QED) is 0.684. The molecule has 5 atom stereocenters. The molecule has 2 aliphatic rings. The van der Waals surface area contributed by atoms with Crippen LogP contribution in [0.15, 0.2) is 11.6 Å². The zero-order valence-electron chi connectivity index (χ0n) is 14.4. The summed E-state index contributed by atoms with van der Waals surface area (Å²) in [4.78, 5) is 23.1. The van der Waals surface area contributed by atoms with Gasteiger partial charge in [-0.15, -0.1) is 0 Å². The molecule has 24 heavy (non-hydrogen) atoms. The van der Waals surface area contributed by atoms with E-state index in [1.165, 1.54) is 0 Å². The first-order valence-electron chi connectivity index (χ1n) is 8.42. The van der Waals surface area contributed by atoms with Gasteiger partial charge in [-0.1, -0.05) is 11.6 Å². The average Bonchev–Trinajstić information content (AvgIpc) is 2.91. The second-order valence-electron chi connectivity index (χ2n) is 6.30. The highest BCUT2D eigenvalue weighted by atomic mass is 16.8. The standard InChI is InChI=1S/C17H26O7/c1-4-22-13-6-7-17(24-13,23-5-2)11-8-10(3)14(16(20)21)12(9-11)15(18)19/h8,11-14H,4-7,9H2,1-3H3,(H,18,19)(H,20,21). The number of hydrogen-bond acceptors (Lipinski definition) is 5. The zero-order chi connectivity index (χ0) is 17.9. The fourth-order valence-electron chi connectivity index (χ4n) is 3.83. The lowest BCUT2D eigenvalue weighted by molar-refractivity contribution is -0.288. The first-order chi connectivity index (χ1) is 11.3. The fraction of sp³-hybridized carbons (Fsp3) is 0.765. The summed E-state index contributed by atoms with van der Waals surface area (Å²) in [6.07, 6.45) is 2.85. The molecule has 5 unspecified atom stereocenters. The van der Waals surface area contributed by atoms with Gasteiger partial charge in [0.1, 0.15) is 0 Å². The fourth-order valence-corrected chi connectivity index (χ4v) is 3.83. The van der Waals surface area contributed by atoms with Gasteiger partial charge in [-0.3, -0.25) is 9.59 Å². The van der Waals surface area contributed by atoms with E-state index in [0.29, 0.717) is 31.6 Å². The molecule has 1 fully saturated rings. The molecule has 1 aliphatic carbocycles. The molecule has 0 radical (unpaired) electrons. The van der Waals surface area contributed by atoms with Crippen LogP contribution in [0.25, 0.3) is 0 Å². The normalized spacial score (nSPS) is 36.4. The summed E-state index contributed by atoms with van der Waals surface area (Å²) in [7, 11) is 0. The van der Waals surface area contributed by atoms with E-state index in [1.54, 1.807) is 6.92 Å². The van der Waals surface area contributed by atoms with Gasteiger partial charge in [0.05, 0.1) is 11.8 Å². The second kappa shape index (κ2) is 7.63. The maximum Gasteiger partial charge on any atom is 0.311 e. The Morgan fingerprint density at radius 3 is 2.54 bits per heavy atom. The highest BCUT2D eigenvalue weighted by Crippen LogP contribution is 2.46. The Morgan fingerprint density at radius 2 is 2.00 bits per heavy atom. The summed E-state index contributed by atoms with van der Waals surface area (Å²) in [6.45, 7) is 6.34. The van der Waals surface area contributed by atoms with Gasteiger partial charge >= 0.3 is 11.9 Å². The van der Waals surface area contributed by atoms with Crippen molar-refractivity contribution in [3.63, 3.8) is 0 Å². The summed E-state index contributed by atoms with van der Waals surface area (Å²) in [5.74, 6) is -5.50. The van der Waals surface area contributed by atoms with Crippen LogP contribution in [-0.4, -0.2) is 47.4 Å². The van der Waals surface area contributed by atoms with Crippen LogP contribution in [0.1, 0.15) is 40.0 Å². The molecule has 1 saturated heterocycles. The second-order valence-corrected chi connectivity index (χ2v) is 6.30. The summed E-state index contributed by atoms with van der Waals surface area (Å²) in [5, 5.41) is 18.9. The average molecular weight is 342 g/mol. The summed E-state index contributed by atoms with van der Waals surface area (Å²) in [5.41, 5.74) is 0.536. The smallest absolute Gasteiger partial charge is 0.311 e. The lowest BCUT2D eigenvalue weighted by Gasteiger charge is -2.40. The van der Waals surface area contributed by atoms with Crippen LogP contribution in [0.5, 0.6) is 0 Å². The highest BCUT2D eigenvalue weighted by Gasteiger charge is 2.51. The highest BCUT2D eigenvalue weighted by molar-refractivity contribution is 5.82. The number of aliphatic carboxylic acids is 2. The van der Waals surface area contributed by atoms with E-state index in [9.17, 15) is 19.8 Å². The SMILES string of the molecule is CCOC1CCC(OCC)(C2C=C(C)C(C(=O)O)C(C(=O)O)C2)O1. The van der Waals surface area contributed by atoms with Crippen LogP contribution in [-0.2, 0) is 23.8 Å². The molecule has 0 aromatic carbocycles. The number of carboxylic acid groups (broad SMARTS) is 2. The molecular weight excluding hydrogens is 316 g/mol. The van der Waals surface area contributed by atoms with Gasteiger partial charge < -0.3 is 24.4 Å². The molecule has 136 valence electrons. The van der Waals surface area contributed by atoms with Crippen LogP contribution < -0.4 is 0 Å². The van der Waals surface area contributed by atoms with Crippen LogP contribution in [0, 0.1) is 17.8 Å². The maximum absolute atomic E-state index is 11.6. The Balaban J connectivity index is 2.31. The third-order valence-electron chi connectivity index (χ3n) is 4.81. The van der Waals surface area contributed by atoms with Crippen molar-refractivity contribution in [2.75, 3.05) is 13.2 Å². The Hall–Kier alpha value is -1.44. The topological polar surface area (TPSA) is 102 Å². The molecule has 7 nitrogen and oxygen atoms in total. The Morgan fingerprint density at radius 1 is 1.29 bits per heavy atom. The number of hydrogen-bond donors (Lipinski definition) is 2. The van der Waals surface area contributed by atoms with E-state index in [-0.39, 0.29) is 18.6 Å². The monoisotopic (exact) mass is 342 g/mol. The molecule has 0 amide bonds. The van der Waals surface area contributed by atoms with Crippen molar-refractivity contribution in [3.8, 4) is 0 Å². The Bertz CT molecular complexity index is 515. The molecule has 0 aromatic rings. The number of ether oxygens (including phenoxy) is 3. The van der Waals surface area contributed by atoms with Crippen molar-refractivity contribution in [1.82, 2.24) is 0 Å². The van der Waals surface area contributed by atoms with Gasteiger partial charge in [0, 0.05) is 32.0 Å². The summed E-state index contributed by atoms with van der Waals surface area (Å²) < 4.78 is 17.4. The Labute approximate surface area is 141 Å². The van der Waals surface area contributed by atoms with E-state index in [1.807, 2.05) is 19.9 Å². The van der Waals surface area contributed by atoms with Gasteiger partial charge in [-0.05, 0) is 27.2 Å². The van der Waals surface area contributed by atoms with Gasteiger partial charge in [0.15, 0.2) is 12.1 Å². The van der Waals surface area contributed by atoms with Crippen LogP contribution >= 0.6 is 0 Å². The van der Waals surface area contributed by atoms with Gasteiger partial charge in [0.2, 0.25) is 0 Å². The van der Waals surface area contributed by atoms with Crippen LogP contribution in [0.4, 0.5) is 0 Å². The molecule has 1 aliphatic heterocycles. The number of carboxylic acids is 2. The number of rotatable bonds is 7. The van der Waals surface area contributed by atoms with E-state index in [4.69, 9.17) is 14.2 Å². The minimum atomic E-state index is -1.11. The lowest BCUT2D eigenvalue weighted by atomic mass is 9.71. The van der Waals surface area contributed by atoms with E-state index >= 15 is 0 Å². The van der Waals surface area contributed by atoms with E-state index in [2.05, 4.69) is 0 Å². The molecule has 7 heteroatoms. The zero-order valence-corrected chi connectivity index (χ0v) is 14.4. The molecule has 1 heterocycles. The molecule has 0 spiro atoms. The first-order valence-corrected chi connectivity index (χ1v) is 8.42. The molecule has 0 bridgehead atoms. The van der Waals surface area contributed by atoms with Crippen molar-refractivity contribution in [1.29, 1.82) is 0 Å². The number of carbonyl (C=O) groups is 2. The van der Waals surface area contributed by atoms with Crippen LogP contribution in [0.2, 0.25) is 0 Å². The molecular formula is C17H26O7. The van der Waals surface area contributed by atoms with Crippen molar-refractivity contribution < 1.29 is 34.0 Å². The maximum atomic E-state index is 11.6. The first kappa shape index (κ1) is 18.9.